The van der Waals surface area contributed by atoms with Gasteiger partial charge in [-0.05, 0) is 25.1 Å². The van der Waals surface area contributed by atoms with Crippen LogP contribution in [0.2, 0.25) is 5.02 Å². The number of benzene rings is 1. The van der Waals surface area contributed by atoms with Gasteiger partial charge in [0, 0.05) is 6.54 Å². The van der Waals surface area contributed by atoms with Gasteiger partial charge in [0.15, 0.2) is 5.96 Å². The maximum atomic E-state index is 11.9. The Morgan fingerprint density at radius 3 is 2.60 bits per heavy atom. The van der Waals surface area contributed by atoms with Crippen molar-refractivity contribution >= 4 is 35.1 Å². The van der Waals surface area contributed by atoms with Gasteiger partial charge in [0.2, 0.25) is 5.91 Å². The van der Waals surface area contributed by atoms with E-state index in [1.54, 1.807) is 13.0 Å². The molecule has 8 heteroatoms. The molecular weight excluding hydrogens is 282 g/mol. The highest BCUT2D eigenvalue weighted by Gasteiger charge is 2.12. The Hall–Kier alpha value is -2.28. The number of carbonyl (C=O) groups is 2. The van der Waals surface area contributed by atoms with E-state index in [1.807, 2.05) is 0 Å². The number of rotatable bonds is 5. The summed E-state index contributed by atoms with van der Waals surface area (Å²) in [5.74, 6) is -0.882. The number of nitrogens with two attached hydrogens (primary N) is 2. The zero-order valence-electron chi connectivity index (χ0n) is 10.9. The summed E-state index contributed by atoms with van der Waals surface area (Å²) >= 11 is 5.93. The van der Waals surface area contributed by atoms with Crippen molar-refractivity contribution in [1.29, 1.82) is 0 Å². The summed E-state index contributed by atoms with van der Waals surface area (Å²) in [7, 11) is 0. The van der Waals surface area contributed by atoms with Gasteiger partial charge in [0.05, 0.1) is 22.8 Å². The minimum Gasteiger partial charge on any atom is -0.370 e. The largest absolute Gasteiger partial charge is 0.370 e. The van der Waals surface area contributed by atoms with Crippen molar-refractivity contribution in [3.63, 3.8) is 0 Å². The second-order valence-corrected chi connectivity index (χ2v) is 4.24. The van der Waals surface area contributed by atoms with Gasteiger partial charge in [0.1, 0.15) is 0 Å². The van der Waals surface area contributed by atoms with Crippen LogP contribution in [0.3, 0.4) is 0 Å². The Kier molecular flexibility index (Phi) is 5.79. The fraction of sp³-hybridized carbons (Fsp3) is 0.250. The molecule has 1 rings (SSSR count). The van der Waals surface area contributed by atoms with Crippen LogP contribution < -0.4 is 22.1 Å². The van der Waals surface area contributed by atoms with Gasteiger partial charge < -0.3 is 22.1 Å². The number of guanidine groups is 1. The molecule has 1 aromatic carbocycles. The van der Waals surface area contributed by atoms with Gasteiger partial charge in [-0.15, -0.1) is 0 Å². The van der Waals surface area contributed by atoms with E-state index in [0.29, 0.717) is 12.2 Å². The molecule has 0 fully saturated rings. The first-order valence-corrected chi connectivity index (χ1v) is 6.26. The summed E-state index contributed by atoms with van der Waals surface area (Å²) < 4.78 is 0. The van der Waals surface area contributed by atoms with Crippen LogP contribution in [0, 0.1) is 0 Å². The van der Waals surface area contributed by atoms with Gasteiger partial charge in [-0.2, -0.15) is 0 Å². The lowest BCUT2D eigenvalue weighted by Gasteiger charge is -2.07. The Morgan fingerprint density at radius 2 is 2.00 bits per heavy atom. The number of hydrogen-bond donors (Lipinski definition) is 4. The summed E-state index contributed by atoms with van der Waals surface area (Å²) in [4.78, 5) is 27.0. The maximum absolute atomic E-state index is 11.9. The summed E-state index contributed by atoms with van der Waals surface area (Å²) in [6.07, 6.45) is 0. The highest BCUT2D eigenvalue weighted by atomic mass is 35.5. The molecule has 0 unspecified atom stereocenters. The molecule has 0 bridgehead atoms. The summed E-state index contributed by atoms with van der Waals surface area (Å²) in [6, 6.07) is 4.52. The molecule has 1 aromatic rings. The Balaban J connectivity index is 2.81. The highest BCUT2D eigenvalue weighted by molar-refractivity contribution is 6.34. The van der Waals surface area contributed by atoms with Crippen molar-refractivity contribution in [2.75, 3.05) is 13.1 Å². The van der Waals surface area contributed by atoms with Gasteiger partial charge >= 0.3 is 0 Å². The molecule has 7 nitrogen and oxygen atoms in total. The Labute approximate surface area is 121 Å². The molecule has 0 heterocycles. The van der Waals surface area contributed by atoms with Crippen molar-refractivity contribution in [1.82, 2.24) is 10.6 Å². The van der Waals surface area contributed by atoms with Gasteiger partial charge in [-0.1, -0.05) is 11.6 Å². The third-order valence-corrected chi connectivity index (χ3v) is 2.57. The lowest BCUT2D eigenvalue weighted by molar-refractivity contribution is -0.120. The van der Waals surface area contributed by atoms with Gasteiger partial charge in [-0.3, -0.25) is 9.59 Å². The minimum absolute atomic E-state index is 0.124. The summed E-state index contributed by atoms with van der Waals surface area (Å²) in [6.45, 7) is 2.15. The van der Waals surface area contributed by atoms with Crippen molar-refractivity contribution in [3.8, 4) is 0 Å². The lowest BCUT2D eigenvalue weighted by Crippen LogP contribution is -2.36. The third kappa shape index (κ3) is 4.77. The zero-order valence-corrected chi connectivity index (χ0v) is 11.7. The minimum atomic E-state index is -0.478. The number of carbonyl (C=O) groups excluding carboxylic acids is 2. The van der Waals surface area contributed by atoms with Crippen molar-refractivity contribution in [2.45, 2.75) is 6.92 Å². The van der Waals surface area contributed by atoms with Crippen LogP contribution in [0.5, 0.6) is 0 Å². The quantitative estimate of drug-likeness (QED) is 0.455. The molecule has 0 aliphatic heterocycles. The van der Waals surface area contributed by atoms with Crippen LogP contribution in [-0.2, 0) is 4.79 Å². The molecule has 0 radical (unpaired) electrons. The van der Waals surface area contributed by atoms with E-state index in [-0.39, 0.29) is 29.0 Å². The van der Waals surface area contributed by atoms with E-state index in [0.717, 1.165) is 0 Å². The van der Waals surface area contributed by atoms with Gasteiger partial charge in [-0.25, -0.2) is 4.99 Å². The molecule has 6 N–H and O–H groups in total. The second-order valence-electron chi connectivity index (χ2n) is 3.84. The number of hydrogen-bond acceptors (Lipinski definition) is 3. The molecular formula is C12H16ClN5O2. The molecule has 0 spiro atoms. The van der Waals surface area contributed by atoms with E-state index >= 15 is 0 Å². The van der Waals surface area contributed by atoms with Crippen LogP contribution in [0.25, 0.3) is 0 Å². The topological polar surface area (TPSA) is 123 Å². The molecule has 0 saturated heterocycles. The fourth-order valence-corrected chi connectivity index (χ4v) is 1.62. The summed E-state index contributed by atoms with van der Waals surface area (Å²) in [5, 5.41) is 5.26. The van der Waals surface area contributed by atoms with Crippen LogP contribution >= 0.6 is 11.6 Å². The Morgan fingerprint density at radius 1 is 1.30 bits per heavy atom. The molecule has 0 saturated carbocycles. The van der Waals surface area contributed by atoms with Crippen molar-refractivity contribution < 1.29 is 9.59 Å². The van der Waals surface area contributed by atoms with Gasteiger partial charge in [0.25, 0.3) is 5.91 Å². The molecule has 0 aromatic heterocycles. The number of nitrogens with one attached hydrogen (secondary N) is 2. The first-order valence-electron chi connectivity index (χ1n) is 5.88. The van der Waals surface area contributed by atoms with Crippen LogP contribution in [-0.4, -0.2) is 30.9 Å². The predicted molar refractivity (Wildman–Crippen MR) is 77.9 cm³/mol. The normalized spacial score (nSPS) is 9.70. The average Bonchev–Trinajstić information content (AvgIpc) is 2.38. The van der Waals surface area contributed by atoms with Crippen molar-refractivity contribution in [2.24, 2.45) is 16.5 Å². The van der Waals surface area contributed by atoms with Crippen LogP contribution in [0.4, 0.5) is 5.69 Å². The van der Waals surface area contributed by atoms with E-state index in [4.69, 9.17) is 23.1 Å². The number of nitrogens with zero attached hydrogens (tertiary/aromatic N) is 1. The lowest BCUT2D eigenvalue weighted by atomic mass is 10.2. The van der Waals surface area contributed by atoms with E-state index < -0.39 is 5.91 Å². The Bertz CT molecular complexity index is 541. The van der Waals surface area contributed by atoms with Crippen LogP contribution in [0.15, 0.2) is 23.2 Å². The molecule has 0 atom stereocenters. The molecule has 2 amide bonds. The first kappa shape index (κ1) is 15.8. The van der Waals surface area contributed by atoms with E-state index in [9.17, 15) is 9.59 Å². The average molecular weight is 298 g/mol. The molecule has 0 aliphatic rings. The smallest absolute Gasteiger partial charge is 0.253 e. The van der Waals surface area contributed by atoms with E-state index in [2.05, 4.69) is 15.6 Å². The number of likely N-dealkylation sites (N-methyl/N-ethyl adjacent to an activating group) is 1. The first-order chi connectivity index (χ1) is 9.43. The number of amides is 2. The highest BCUT2D eigenvalue weighted by Crippen LogP contribution is 2.22. The second kappa shape index (κ2) is 7.34. The third-order valence-electron chi connectivity index (χ3n) is 2.24. The maximum Gasteiger partial charge on any atom is 0.253 e. The number of aliphatic imine (C=N–C) groups is 1. The standard InChI is InChI=1S/C12H16ClN5O2/c1-2-16-10(19)6-17-11(20)8-5-7(18-12(14)15)3-4-9(8)13/h3-5H,2,6H2,1H3,(H,16,19)(H,17,20)(H4,14,15,18). The molecule has 108 valence electrons. The van der Waals surface area contributed by atoms with Crippen molar-refractivity contribution in [3.05, 3.63) is 28.8 Å². The monoisotopic (exact) mass is 297 g/mol. The molecule has 20 heavy (non-hydrogen) atoms. The summed E-state index contributed by atoms with van der Waals surface area (Å²) in [5.41, 5.74) is 11.1. The SMILES string of the molecule is CCNC(=O)CNC(=O)c1cc(N=C(N)N)ccc1Cl. The van der Waals surface area contributed by atoms with E-state index in [1.165, 1.54) is 12.1 Å². The zero-order chi connectivity index (χ0) is 15.1. The molecule has 0 aliphatic carbocycles. The van der Waals surface area contributed by atoms with Crippen LogP contribution in [0.1, 0.15) is 17.3 Å². The predicted octanol–water partition coefficient (Wildman–Crippen LogP) is 0.111. The number of halogens is 1. The fourth-order valence-electron chi connectivity index (χ4n) is 1.42.